The predicted molar refractivity (Wildman–Crippen MR) is 45.5 cm³/mol. The van der Waals surface area contributed by atoms with Crippen molar-refractivity contribution in [3.63, 3.8) is 0 Å². The lowest BCUT2D eigenvalue weighted by molar-refractivity contribution is -0.358. The van der Waals surface area contributed by atoms with Crippen LogP contribution in [0, 0.1) is 0 Å². The zero-order chi connectivity index (χ0) is 11.6. The molecule has 0 unspecified atom stereocenters. The van der Waals surface area contributed by atoms with Crippen LogP contribution in [0.1, 0.15) is 6.92 Å². The van der Waals surface area contributed by atoms with E-state index in [1.165, 1.54) is 6.92 Å². The van der Waals surface area contributed by atoms with Crippen molar-refractivity contribution in [2.45, 2.75) is 13.1 Å². The molecular formula is C7H5BrF3N2O2-. The zero-order valence-corrected chi connectivity index (χ0v) is 9.02. The summed E-state index contributed by atoms with van der Waals surface area (Å²) in [5.74, 6) is -0.938. The number of hydrogen-bond acceptors (Lipinski definition) is 4. The van der Waals surface area contributed by atoms with Crippen LogP contribution in [-0.2, 0) is 4.74 Å². The number of azo groups is 1. The topological polar surface area (TPSA) is 57.0 Å². The van der Waals surface area contributed by atoms with Gasteiger partial charge in [0, 0.05) is 0 Å². The van der Waals surface area contributed by atoms with Crippen LogP contribution in [0.2, 0.25) is 0 Å². The molecule has 0 radical (unpaired) electrons. The summed E-state index contributed by atoms with van der Waals surface area (Å²) in [6.45, 7) is 1.59. The maximum atomic E-state index is 12.2. The van der Waals surface area contributed by atoms with Crippen LogP contribution in [0.5, 0.6) is 0 Å². The van der Waals surface area contributed by atoms with E-state index in [-0.39, 0.29) is 6.61 Å². The average Bonchev–Trinajstić information content (AvgIpc) is 2.46. The third kappa shape index (κ3) is 2.49. The molecule has 0 aromatic heterocycles. The molecule has 0 fully saturated rings. The highest BCUT2D eigenvalue weighted by Gasteiger charge is 2.40. The smallest absolute Gasteiger partial charge is 0.436 e. The van der Waals surface area contributed by atoms with E-state index < -0.39 is 28.0 Å². The van der Waals surface area contributed by atoms with E-state index in [0.29, 0.717) is 0 Å². The summed E-state index contributed by atoms with van der Waals surface area (Å²) >= 11 is 2.61. The molecule has 1 aliphatic heterocycles. The van der Waals surface area contributed by atoms with Gasteiger partial charge >= 0.3 is 6.18 Å². The first kappa shape index (κ1) is 12.0. The molecule has 0 aromatic carbocycles. The van der Waals surface area contributed by atoms with Gasteiger partial charge in [0.1, 0.15) is 5.70 Å². The fraction of sp³-hybridized carbons (Fsp3) is 0.429. The zero-order valence-electron chi connectivity index (χ0n) is 7.43. The molecule has 8 heteroatoms. The Kier molecular flexibility index (Phi) is 3.38. The third-order valence-electron chi connectivity index (χ3n) is 1.40. The van der Waals surface area contributed by atoms with Crippen molar-refractivity contribution in [1.29, 1.82) is 0 Å². The van der Waals surface area contributed by atoms with Crippen LogP contribution in [0.4, 0.5) is 13.2 Å². The summed E-state index contributed by atoms with van der Waals surface area (Å²) < 4.78 is 40.7. The SMILES string of the molecule is CCOC([O-])=C1N=NC(C(F)(F)F)=C1Br. The molecule has 0 amide bonds. The predicted octanol–water partition coefficient (Wildman–Crippen LogP) is 2.19. The van der Waals surface area contributed by atoms with E-state index in [2.05, 4.69) is 30.9 Å². The summed E-state index contributed by atoms with van der Waals surface area (Å²) in [6, 6.07) is 0. The van der Waals surface area contributed by atoms with E-state index in [0.717, 1.165) is 0 Å². The van der Waals surface area contributed by atoms with E-state index in [1.54, 1.807) is 0 Å². The monoisotopic (exact) mass is 285 g/mol. The minimum absolute atomic E-state index is 0.0550. The number of hydrogen-bond donors (Lipinski definition) is 0. The van der Waals surface area contributed by atoms with Crippen LogP contribution in [0.3, 0.4) is 0 Å². The largest absolute Gasteiger partial charge is 0.612 e. The van der Waals surface area contributed by atoms with Gasteiger partial charge in [-0.15, -0.1) is 10.2 Å². The van der Waals surface area contributed by atoms with Crippen molar-refractivity contribution in [2.75, 3.05) is 6.61 Å². The summed E-state index contributed by atoms with van der Waals surface area (Å²) in [5.41, 5.74) is -1.70. The molecule has 0 bridgehead atoms. The normalized spacial score (nSPS) is 19.8. The lowest BCUT2D eigenvalue weighted by atomic mass is 10.3. The Balaban J connectivity index is 3.08. The second-order valence-corrected chi connectivity index (χ2v) is 3.22. The second-order valence-electron chi connectivity index (χ2n) is 2.43. The highest BCUT2D eigenvalue weighted by atomic mass is 79.9. The van der Waals surface area contributed by atoms with E-state index in [9.17, 15) is 18.3 Å². The maximum Gasteiger partial charge on any atom is 0.436 e. The molecule has 0 spiro atoms. The van der Waals surface area contributed by atoms with Crippen molar-refractivity contribution in [1.82, 2.24) is 0 Å². The summed E-state index contributed by atoms with van der Waals surface area (Å²) in [5, 5.41) is 17.1. The van der Waals surface area contributed by atoms with Gasteiger partial charge in [-0.05, 0) is 22.5 Å². The Morgan fingerprint density at radius 2 is 2.07 bits per heavy atom. The van der Waals surface area contributed by atoms with E-state index in [1.807, 2.05) is 0 Å². The van der Waals surface area contributed by atoms with Gasteiger partial charge in [0.15, 0.2) is 5.70 Å². The van der Waals surface area contributed by atoms with Gasteiger partial charge in [-0.2, -0.15) is 13.2 Å². The number of nitrogens with zero attached hydrogens (tertiary/aromatic N) is 2. The minimum Gasteiger partial charge on any atom is -0.612 e. The molecule has 4 nitrogen and oxygen atoms in total. The Labute approximate surface area is 91.3 Å². The van der Waals surface area contributed by atoms with Crippen molar-refractivity contribution < 1.29 is 23.0 Å². The number of alkyl halides is 3. The molecule has 15 heavy (non-hydrogen) atoms. The van der Waals surface area contributed by atoms with Gasteiger partial charge in [-0.25, -0.2) is 0 Å². The minimum atomic E-state index is -4.64. The van der Waals surface area contributed by atoms with Gasteiger partial charge in [0.05, 0.1) is 10.4 Å². The maximum absolute atomic E-state index is 12.2. The quantitative estimate of drug-likeness (QED) is 0.730. The molecule has 84 valence electrons. The molecule has 0 aliphatic carbocycles. The van der Waals surface area contributed by atoms with E-state index >= 15 is 0 Å². The molecule has 1 rings (SSSR count). The summed E-state index contributed by atoms with van der Waals surface area (Å²) in [6.07, 6.45) is -4.64. The Morgan fingerprint density at radius 3 is 2.47 bits per heavy atom. The molecule has 0 saturated carbocycles. The molecule has 1 heterocycles. The number of allylic oxidation sites excluding steroid dienone is 2. The lowest BCUT2D eigenvalue weighted by Gasteiger charge is -2.13. The first-order valence-electron chi connectivity index (χ1n) is 3.81. The molecule has 0 N–H and O–H groups in total. The molecule has 1 aliphatic rings. The van der Waals surface area contributed by atoms with Gasteiger partial charge in [0.2, 0.25) is 0 Å². The van der Waals surface area contributed by atoms with Crippen molar-refractivity contribution in [2.24, 2.45) is 10.2 Å². The van der Waals surface area contributed by atoms with Gasteiger partial charge in [-0.3, -0.25) is 0 Å². The van der Waals surface area contributed by atoms with Gasteiger partial charge < -0.3 is 9.84 Å². The highest BCUT2D eigenvalue weighted by Crippen LogP contribution is 2.40. The molecular weight excluding hydrogens is 281 g/mol. The van der Waals surface area contributed by atoms with Crippen molar-refractivity contribution in [3.05, 3.63) is 21.8 Å². The van der Waals surface area contributed by atoms with Crippen LogP contribution < -0.4 is 5.11 Å². The second kappa shape index (κ2) is 4.21. The van der Waals surface area contributed by atoms with Crippen LogP contribution in [-0.4, -0.2) is 12.8 Å². The highest BCUT2D eigenvalue weighted by molar-refractivity contribution is 9.12. The third-order valence-corrected chi connectivity index (χ3v) is 2.15. The standard InChI is InChI=1S/C7H6BrF3N2O2/c1-2-15-6(14)4-3(8)5(13-12-4)7(9,10)11/h14H,2H2,1H3/p-1. The fourth-order valence-electron chi connectivity index (χ4n) is 0.811. The van der Waals surface area contributed by atoms with E-state index in [4.69, 9.17) is 0 Å². The Morgan fingerprint density at radius 1 is 1.47 bits per heavy atom. The van der Waals surface area contributed by atoms with Crippen molar-refractivity contribution in [3.8, 4) is 0 Å². The fourth-order valence-corrected chi connectivity index (χ4v) is 1.36. The Bertz CT molecular complexity index is 360. The number of rotatable bonds is 2. The van der Waals surface area contributed by atoms with Gasteiger partial charge in [0.25, 0.3) is 0 Å². The Hall–Kier alpha value is -1.05. The molecule has 0 atom stereocenters. The van der Waals surface area contributed by atoms with Crippen LogP contribution >= 0.6 is 15.9 Å². The average molecular weight is 286 g/mol. The molecule has 0 aromatic rings. The van der Waals surface area contributed by atoms with Crippen molar-refractivity contribution >= 4 is 15.9 Å². The summed E-state index contributed by atoms with van der Waals surface area (Å²) in [7, 11) is 0. The van der Waals surface area contributed by atoms with Crippen LogP contribution in [0.25, 0.3) is 0 Å². The molecule has 0 saturated heterocycles. The lowest BCUT2D eigenvalue weighted by Crippen LogP contribution is -2.12. The first-order chi connectivity index (χ1) is 6.88. The number of ether oxygens (including phenoxy) is 1. The van der Waals surface area contributed by atoms with Crippen LogP contribution in [0.15, 0.2) is 32.1 Å². The first-order valence-corrected chi connectivity index (χ1v) is 4.60. The number of halogens is 4. The van der Waals surface area contributed by atoms with Gasteiger partial charge in [-0.1, -0.05) is 6.92 Å². The summed E-state index contributed by atoms with van der Waals surface area (Å²) in [4.78, 5) is 0.